The number of morpholine rings is 1. The predicted molar refractivity (Wildman–Crippen MR) is 122 cm³/mol. The van der Waals surface area contributed by atoms with Gasteiger partial charge >= 0.3 is 11.8 Å². The molecule has 9 heteroatoms. The van der Waals surface area contributed by atoms with Gasteiger partial charge in [0, 0.05) is 55.9 Å². The number of hydrogen-bond acceptors (Lipinski definition) is 6. The van der Waals surface area contributed by atoms with Crippen LogP contribution >= 0.6 is 11.3 Å². The molecule has 0 unspecified atom stereocenters. The number of benzene rings is 1. The lowest BCUT2D eigenvalue weighted by atomic mass is 10.0. The average Bonchev–Trinajstić information content (AvgIpc) is 3.34. The van der Waals surface area contributed by atoms with Crippen LogP contribution in [0.15, 0.2) is 41.8 Å². The van der Waals surface area contributed by atoms with Crippen molar-refractivity contribution in [1.29, 1.82) is 0 Å². The highest BCUT2D eigenvalue weighted by Gasteiger charge is 2.33. The number of nitrogens with zero attached hydrogens (tertiary/aromatic N) is 3. The van der Waals surface area contributed by atoms with E-state index in [1.165, 1.54) is 12.1 Å². The first-order valence-corrected chi connectivity index (χ1v) is 11.9. The van der Waals surface area contributed by atoms with Gasteiger partial charge in [0.15, 0.2) is 0 Å². The van der Waals surface area contributed by atoms with E-state index >= 15 is 0 Å². The van der Waals surface area contributed by atoms with Crippen LogP contribution < -0.4 is 10.2 Å². The highest BCUT2D eigenvalue weighted by atomic mass is 32.1. The van der Waals surface area contributed by atoms with Gasteiger partial charge in [0.25, 0.3) is 0 Å². The molecular formula is C23H29FN4O3S. The summed E-state index contributed by atoms with van der Waals surface area (Å²) >= 11 is 1.66. The van der Waals surface area contributed by atoms with Crippen molar-refractivity contribution in [3.05, 3.63) is 52.5 Å². The summed E-state index contributed by atoms with van der Waals surface area (Å²) in [5, 5.41) is 4.98. The Balaban J connectivity index is 1.41. The summed E-state index contributed by atoms with van der Waals surface area (Å²) in [6, 6.07) is 10.4. The van der Waals surface area contributed by atoms with Crippen molar-refractivity contribution in [3.8, 4) is 0 Å². The zero-order chi connectivity index (χ0) is 22.5. The number of ether oxygens (including phenoxy) is 1. The summed E-state index contributed by atoms with van der Waals surface area (Å²) in [4.78, 5) is 32.5. The summed E-state index contributed by atoms with van der Waals surface area (Å²) in [6.07, 6.45) is 0. The van der Waals surface area contributed by atoms with Gasteiger partial charge in [0.2, 0.25) is 0 Å². The highest BCUT2D eigenvalue weighted by molar-refractivity contribution is 7.10. The molecule has 3 heterocycles. The van der Waals surface area contributed by atoms with Crippen LogP contribution in [-0.4, -0.2) is 80.1 Å². The van der Waals surface area contributed by atoms with Crippen LogP contribution in [0.1, 0.15) is 17.8 Å². The molecule has 2 fully saturated rings. The third-order valence-electron chi connectivity index (χ3n) is 6.06. The van der Waals surface area contributed by atoms with E-state index in [1.54, 1.807) is 16.2 Å². The molecule has 0 radical (unpaired) electrons. The second-order valence-corrected chi connectivity index (χ2v) is 9.11. The number of anilines is 1. The van der Waals surface area contributed by atoms with Crippen LogP contribution in [0, 0.1) is 5.82 Å². The Hall–Kier alpha value is -2.49. The molecule has 2 saturated heterocycles. The van der Waals surface area contributed by atoms with E-state index in [4.69, 9.17) is 4.74 Å². The number of rotatable bonds is 5. The minimum atomic E-state index is -0.564. The molecule has 7 nitrogen and oxygen atoms in total. The van der Waals surface area contributed by atoms with Crippen LogP contribution in [0.4, 0.5) is 10.1 Å². The van der Waals surface area contributed by atoms with Crippen molar-refractivity contribution in [3.63, 3.8) is 0 Å². The Morgan fingerprint density at radius 3 is 2.34 bits per heavy atom. The van der Waals surface area contributed by atoms with Gasteiger partial charge < -0.3 is 19.9 Å². The van der Waals surface area contributed by atoms with Crippen molar-refractivity contribution in [2.75, 3.05) is 57.4 Å². The number of piperazine rings is 1. The van der Waals surface area contributed by atoms with Crippen molar-refractivity contribution >= 4 is 28.8 Å². The Kier molecular flexibility index (Phi) is 7.39. The van der Waals surface area contributed by atoms with E-state index < -0.39 is 11.8 Å². The second kappa shape index (κ2) is 10.4. The third-order valence-corrected chi connectivity index (χ3v) is 7.00. The van der Waals surface area contributed by atoms with Gasteiger partial charge in [-0.25, -0.2) is 4.39 Å². The van der Waals surface area contributed by atoms with Crippen LogP contribution in [0.2, 0.25) is 0 Å². The molecule has 1 aromatic carbocycles. The predicted octanol–water partition coefficient (Wildman–Crippen LogP) is 2.11. The zero-order valence-electron chi connectivity index (χ0n) is 18.2. The van der Waals surface area contributed by atoms with Gasteiger partial charge in [-0.05, 0) is 42.6 Å². The fraction of sp³-hybridized carbons (Fsp3) is 0.478. The third kappa shape index (κ3) is 5.28. The zero-order valence-corrected chi connectivity index (χ0v) is 19.0. The largest absolute Gasteiger partial charge is 0.378 e. The Morgan fingerprint density at radius 2 is 1.72 bits per heavy atom. The molecule has 0 spiro atoms. The fourth-order valence-electron chi connectivity index (χ4n) is 4.37. The van der Waals surface area contributed by atoms with Crippen molar-refractivity contribution in [2.45, 2.75) is 19.0 Å². The van der Waals surface area contributed by atoms with Crippen LogP contribution in [-0.2, 0) is 14.3 Å². The molecule has 172 valence electrons. The van der Waals surface area contributed by atoms with Gasteiger partial charge in [-0.3, -0.25) is 14.5 Å². The van der Waals surface area contributed by atoms with Crippen molar-refractivity contribution < 1.29 is 18.7 Å². The molecule has 0 saturated carbocycles. The maximum atomic E-state index is 13.3. The van der Waals surface area contributed by atoms with Gasteiger partial charge in [0.1, 0.15) is 5.82 Å². The summed E-state index contributed by atoms with van der Waals surface area (Å²) in [5.74, 6) is -1.29. The highest BCUT2D eigenvalue weighted by Crippen LogP contribution is 2.30. The number of carbonyl (C=O) groups excluding carboxylic acids is 2. The van der Waals surface area contributed by atoms with Gasteiger partial charge in [0.05, 0.1) is 19.3 Å². The Labute approximate surface area is 191 Å². The van der Waals surface area contributed by atoms with Crippen molar-refractivity contribution in [2.24, 2.45) is 0 Å². The Bertz CT molecular complexity index is 894. The number of nitrogens with one attached hydrogen (secondary N) is 1. The first kappa shape index (κ1) is 22.7. The smallest absolute Gasteiger partial charge is 0.312 e. The molecule has 2 amide bonds. The van der Waals surface area contributed by atoms with Gasteiger partial charge in [-0.2, -0.15) is 0 Å². The Morgan fingerprint density at radius 1 is 1.03 bits per heavy atom. The van der Waals surface area contributed by atoms with Crippen LogP contribution in [0.25, 0.3) is 0 Å². The summed E-state index contributed by atoms with van der Waals surface area (Å²) in [5.41, 5.74) is 1.01. The lowest BCUT2D eigenvalue weighted by molar-refractivity contribution is -0.149. The molecule has 0 bridgehead atoms. The lowest BCUT2D eigenvalue weighted by Crippen LogP contribution is -2.54. The fourth-order valence-corrected chi connectivity index (χ4v) is 5.33. The summed E-state index contributed by atoms with van der Waals surface area (Å²) in [6.45, 7) is 6.99. The molecule has 2 atom stereocenters. The molecule has 0 aliphatic carbocycles. The second-order valence-electron chi connectivity index (χ2n) is 8.13. The minimum Gasteiger partial charge on any atom is -0.378 e. The average molecular weight is 461 g/mol. The molecule has 32 heavy (non-hydrogen) atoms. The topological polar surface area (TPSA) is 65.1 Å². The van der Waals surface area contributed by atoms with Crippen LogP contribution in [0.5, 0.6) is 0 Å². The quantitative estimate of drug-likeness (QED) is 0.693. The van der Waals surface area contributed by atoms with E-state index in [1.807, 2.05) is 30.5 Å². The number of halogens is 1. The molecule has 4 rings (SSSR count). The van der Waals surface area contributed by atoms with Crippen LogP contribution in [0.3, 0.4) is 0 Å². The maximum absolute atomic E-state index is 13.3. The van der Waals surface area contributed by atoms with E-state index in [0.717, 1.165) is 36.7 Å². The molecule has 1 aromatic heterocycles. The first-order valence-electron chi connectivity index (χ1n) is 11.0. The number of hydrogen-bond donors (Lipinski definition) is 1. The minimum absolute atomic E-state index is 0.0215. The number of carbonyl (C=O) groups is 2. The van der Waals surface area contributed by atoms with E-state index in [-0.39, 0.29) is 17.9 Å². The molecule has 1 N–H and O–H groups in total. The summed E-state index contributed by atoms with van der Waals surface area (Å²) < 4.78 is 18.5. The van der Waals surface area contributed by atoms with Gasteiger partial charge in [-0.15, -0.1) is 11.3 Å². The normalized spacial score (nSPS) is 19.4. The molecule has 2 aliphatic rings. The SMILES string of the molecule is C[C@@H](NC(=O)C(=O)N1CCOCC1)[C@@H](c1cccs1)N1CCN(c2ccc(F)cc2)CC1. The van der Waals surface area contributed by atoms with E-state index in [2.05, 4.69) is 21.2 Å². The number of amides is 2. The number of thiophene rings is 1. The molecular weight excluding hydrogens is 431 g/mol. The lowest BCUT2D eigenvalue weighted by Gasteiger charge is -2.42. The molecule has 2 aliphatic heterocycles. The standard InChI is InChI=1S/C23H29FN4O3S/c1-17(25-22(29)23(30)28-12-14-31-15-13-28)21(20-3-2-16-32-20)27-10-8-26(9-11-27)19-6-4-18(24)5-7-19/h2-7,16-17,21H,8-15H2,1H3,(H,25,29)/t17-,21+/m1/s1. The van der Waals surface area contributed by atoms with Gasteiger partial charge in [-0.1, -0.05) is 6.07 Å². The van der Waals surface area contributed by atoms with Crippen molar-refractivity contribution in [1.82, 2.24) is 15.1 Å². The van der Waals surface area contributed by atoms with E-state index in [0.29, 0.717) is 26.3 Å². The maximum Gasteiger partial charge on any atom is 0.312 e. The monoisotopic (exact) mass is 460 g/mol. The first-order chi connectivity index (χ1) is 15.5. The molecule has 2 aromatic rings. The summed E-state index contributed by atoms with van der Waals surface area (Å²) in [7, 11) is 0. The van der Waals surface area contributed by atoms with E-state index in [9.17, 15) is 14.0 Å².